The molecule has 5 heteroatoms. The molecule has 100 valence electrons. The van der Waals surface area contributed by atoms with Crippen molar-refractivity contribution in [1.29, 1.82) is 0 Å². The van der Waals surface area contributed by atoms with Gasteiger partial charge in [0.25, 0.3) is 0 Å². The van der Waals surface area contributed by atoms with E-state index in [1.54, 1.807) is 6.92 Å². The van der Waals surface area contributed by atoms with Crippen LogP contribution in [0.4, 0.5) is 4.79 Å². The van der Waals surface area contributed by atoms with Crippen LogP contribution >= 0.6 is 0 Å². The van der Waals surface area contributed by atoms with Gasteiger partial charge >= 0.3 is 12.0 Å². The molecule has 3 N–H and O–H groups in total. The fraction of sp³-hybridized carbons (Fsp3) is 0.833. The predicted molar refractivity (Wildman–Crippen MR) is 66.9 cm³/mol. The average molecular weight is 244 g/mol. The van der Waals surface area contributed by atoms with Crippen molar-refractivity contribution in [3.63, 3.8) is 0 Å². The maximum atomic E-state index is 11.6. The number of hydrogen-bond acceptors (Lipinski definition) is 2. The lowest BCUT2D eigenvalue weighted by Gasteiger charge is -2.25. The zero-order valence-electron chi connectivity index (χ0n) is 11.2. The molecule has 0 aliphatic rings. The second kappa shape index (κ2) is 7.14. The van der Waals surface area contributed by atoms with Crippen molar-refractivity contribution in [3.05, 3.63) is 0 Å². The third-order valence-electron chi connectivity index (χ3n) is 3.27. The monoisotopic (exact) mass is 244 g/mol. The Morgan fingerprint density at radius 2 is 1.76 bits per heavy atom. The van der Waals surface area contributed by atoms with E-state index in [-0.39, 0.29) is 0 Å². The number of amides is 2. The highest BCUT2D eigenvalue weighted by atomic mass is 16.4. The summed E-state index contributed by atoms with van der Waals surface area (Å²) in [7, 11) is 0. The SMILES string of the molecule is CCC(CC)CNC(=O)NC(C)(CC)C(=O)O. The van der Waals surface area contributed by atoms with Gasteiger partial charge in [0.15, 0.2) is 0 Å². The Balaban J connectivity index is 4.21. The highest BCUT2D eigenvalue weighted by molar-refractivity contribution is 5.85. The molecule has 0 aromatic rings. The third kappa shape index (κ3) is 5.06. The summed E-state index contributed by atoms with van der Waals surface area (Å²) < 4.78 is 0. The zero-order valence-corrected chi connectivity index (χ0v) is 11.2. The number of carbonyl (C=O) groups is 2. The Morgan fingerprint density at radius 1 is 1.24 bits per heavy atom. The van der Waals surface area contributed by atoms with Gasteiger partial charge in [-0.15, -0.1) is 0 Å². The molecule has 0 saturated heterocycles. The van der Waals surface area contributed by atoms with E-state index in [1.807, 2.05) is 0 Å². The van der Waals surface area contributed by atoms with E-state index in [1.165, 1.54) is 6.92 Å². The summed E-state index contributed by atoms with van der Waals surface area (Å²) in [6, 6.07) is -0.413. The Bertz CT molecular complexity index is 264. The summed E-state index contributed by atoms with van der Waals surface area (Å²) in [5.74, 6) is -0.573. The normalized spacial score (nSPS) is 14.2. The summed E-state index contributed by atoms with van der Waals surface area (Å²) >= 11 is 0. The van der Waals surface area contributed by atoms with Crippen molar-refractivity contribution in [2.24, 2.45) is 5.92 Å². The minimum atomic E-state index is -1.20. The number of aliphatic carboxylic acids is 1. The Hall–Kier alpha value is -1.26. The number of hydrogen-bond donors (Lipinski definition) is 3. The Morgan fingerprint density at radius 3 is 2.12 bits per heavy atom. The van der Waals surface area contributed by atoms with E-state index in [2.05, 4.69) is 24.5 Å². The molecule has 0 aliphatic carbocycles. The largest absolute Gasteiger partial charge is 0.480 e. The van der Waals surface area contributed by atoms with Gasteiger partial charge in [-0.1, -0.05) is 33.6 Å². The van der Waals surface area contributed by atoms with E-state index in [0.29, 0.717) is 18.9 Å². The molecule has 1 atom stereocenters. The fourth-order valence-electron chi connectivity index (χ4n) is 1.40. The topological polar surface area (TPSA) is 78.4 Å². The van der Waals surface area contributed by atoms with E-state index in [0.717, 1.165) is 12.8 Å². The minimum absolute atomic E-state index is 0.348. The summed E-state index contributed by atoms with van der Waals surface area (Å²) in [6.45, 7) is 7.96. The molecule has 0 spiro atoms. The number of rotatable bonds is 7. The molecule has 17 heavy (non-hydrogen) atoms. The minimum Gasteiger partial charge on any atom is -0.480 e. The van der Waals surface area contributed by atoms with Crippen molar-refractivity contribution in [3.8, 4) is 0 Å². The van der Waals surface area contributed by atoms with Crippen LogP contribution in [0.3, 0.4) is 0 Å². The maximum Gasteiger partial charge on any atom is 0.329 e. The first-order chi connectivity index (χ1) is 7.89. The molecule has 2 amide bonds. The summed E-state index contributed by atoms with van der Waals surface area (Å²) in [5, 5.41) is 14.2. The first-order valence-corrected chi connectivity index (χ1v) is 6.19. The van der Waals surface area contributed by atoms with Crippen molar-refractivity contribution in [1.82, 2.24) is 10.6 Å². The molecule has 0 bridgehead atoms. The fourth-order valence-corrected chi connectivity index (χ4v) is 1.40. The average Bonchev–Trinajstić information content (AvgIpc) is 2.29. The van der Waals surface area contributed by atoms with Gasteiger partial charge in [-0.3, -0.25) is 0 Å². The van der Waals surface area contributed by atoms with Gasteiger partial charge in [-0.25, -0.2) is 9.59 Å². The van der Waals surface area contributed by atoms with Crippen LogP contribution in [0.1, 0.15) is 47.0 Å². The number of nitrogens with one attached hydrogen (secondary N) is 2. The molecule has 0 aromatic heterocycles. The van der Waals surface area contributed by atoms with Gasteiger partial charge in [-0.2, -0.15) is 0 Å². The van der Waals surface area contributed by atoms with Crippen LogP contribution in [0, 0.1) is 5.92 Å². The zero-order chi connectivity index (χ0) is 13.5. The molecule has 0 radical (unpaired) electrons. The van der Waals surface area contributed by atoms with Crippen LogP contribution in [0.15, 0.2) is 0 Å². The molecule has 5 nitrogen and oxygen atoms in total. The number of carboxylic acids is 1. The summed E-state index contributed by atoms with van der Waals surface area (Å²) in [5.41, 5.74) is -1.20. The van der Waals surface area contributed by atoms with Crippen LogP contribution < -0.4 is 10.6 Å². The molecule has 0 aliphatic heterocycles. The molecular formula is C12H24N2O3. The van der Waals surface area contributed by atoms with Crippen LogP contribution in [0.5, 0.6) is 0 Å². The second-order valence-corrected chi connectivity index (χ2v) is 4.51. The number of urea groups is 1. The van der Waals surface area contributed by atoms with Crippen molar-refractivity contribution < 1.29 is 14.7 Å². The van der Waals surface area contributed by atoms with Gasteiger partial charge in [0.05, 0.1) is 0 Å². The lowest BCUT2D eigenvalue weighted by Crippen LogP contribution is -2.55. The first kappa shape index (κ1) is 15.7. The molecule has 0 rings (SSSR count). The molecular weight excluding hydrogens is 220 g/mol. The van der Waals surface area contributed by atoms with Gasteiger partial charge in [-0.05, 0) is 19.3 Å². The van der Waals surface area contributed by atoms with Crippen molar-refractivity contribution in [2.45, 2.75) is 52.5 Å². The summed E-state index contributed by atoms with van der Waals surface area (Å²) in [6.07, 6.45) is 2.35. The van der Waals surface area contributed by atoms with Crippen LogP contribution in [0.2, 0.25) is 0 Å². The standard InChI is InChI=1S/C12H24N2O3/c1-5-9(6-2)8-13-11(17)14-12(4,7-3)10(15)16/h9H,5-8H2,1-4H3,(H,15,16)(H2,13,14,17). The van der Waals surface area contributed by atoms with Crippen molar-refractivity contribution in [2.75, 3.05) is 6.54 Å². The third-order valence-corrected chi connectivity index (χ3v) is 3.27. The Kier molecular flexibility index (Phi) is 6.61. The molecule has 0 heterocycles. The predicted octanol–water partition coefficient (Wildman–Crippen LogP) is 1.98. The highest BCUT2D eigenvalue weighted by Gasteiger charge is 2.32. The van der Waals surface area contributed by atoms with Gasteiger partial charge < -0.3 is 15.7 Å². The van der Waals surface area contributed by atoms with Crippen LogP contribution in [0.25, 0.3) is 0 Å². The van der Waals surface area contributed by atoms with Gasteiger partial charge in [0, 0.05) is 6.54 Å². The quantitative estimate of drug-likeness (QED) is 0.640. The van der Waals surface area contributed by atoms with E-state index < -0.39 is 17.5 Å². The smallest absolute Gasteiger partial charge is 0.329 e. The van der Waals surface area contributed by atoms with Crippen LogP contribution in [-0.4, -0.2) is 29.2 Å². The molecule has 0 saturated carbocycles. The van der Waals surface area contributed by atoms with Crippen molar-refractivity contribution >= 4 is 12.0 Å². The van der Waals surface area contributed by atoms with Gasteiger partial charge in [0.2, 0.25) is 0 Å². The van der Waals surface area contributed by atoms with E-state index in [9.17, 15) is 9.59 Å². The number of carboxylic acid groups (broad SMARTS) is 1. The van der Waals surface area contributed by atoms with Crippen LogP contribution in [-0.2, 0) is 4.79 Å². The van der Waals surface area contributed by atoms with E-state index >= 15 is 0 Å². The first-order valence-electron chi connectivity index (χ1n) is 6.19. The number of carbonyl (C=O) groups excluding carboxylic acids is 1. The molecule has 1 unspecified atom stereocenters. The second-order valence-electron chi connectivity index (χ2n) is 4.51. The molecule has 0 aromatic carbocycles. The van der Waals surface area contributed by atoms with Gasteiger partial charge in [0.1, 0.15) is 5.54 Å². The Labute approximate surface area is 103 Å². The molecule has 0 fully saturated rings. The lowest BCUT2D eigenvalue weighted by molar-refractivity contribution is -0.143. The summed E-state index contributed by atoms with van der Waals surface area (Å²) in [4.78, 5) is 22.6. The lowest BCUT2D eigenvalue weighted by atomic mass is 9.99. The maximum absolute atomic E-state index is 11.6. The van der Waals surface area contributed by atoms with E-state index in [4.69, 9.17) is 5.11 Å². The highest BCUT2D eigenvalue weighted by Crippen LogP contribution is 2.09.